The minimum Gasteiger partial charge on any atom is -0.451 e. The third-order valence-corrected chi connectivity index (χ3v) is 3.90. The second-order valence-electron chi connectivity index (χ2n) is 5.32. The molecule has 2 aromatic carbocycles. The van der Waals surface area contributed by atoms with E-state index in [1.54, 1.807) is 6.07 Å². The van der Waals surface area contributed by atoms with Crippen LogP contribution in [0.1, 0.15) is 24.4 Å². The van der Waals surface area contributed by atoms with E-state index in [2.05, 4.69) is 24.1 Å². The monoisotopic (exact) mass is 308 g/mol. The number of nitrogens with one attached hydrogen (secondary N) is 1. The van der Waals surface area contributed by atoms with Gasteiger partial charge in [-0.05, 0) is 50.2 Å². The van der Waals surface area contributed by atoms with Crippen LogP contribution in [0.15, 0.2) is 59.0 Å². The van der Waals surface area contributed by atoms with Gasteiger partial charge >= 0.3 is 0 Å². The van der Waals surface area contributed by atoms with Crippen molar-refractivity contribution in [2.75, 3.05) is 23.3 Å². The Labute approximate surface area is 135 Å². The molecule has 1 N–H and O–H groups in total. The molecule has 0 saturated heterocycles. The molecular weight excluding hydrogens is 288 g/mol. The Bertz CT molecular complexity index is 769. The van der Waals surface area contributed by atoms with Gasteiger partial charge in [-0.3, -0.25) is 4.79 Å². The first-order valence-electron chi connectivity index (χ1n) is 7.86. The Kier molecular flexibility index (Phi) is 4.33. The van der Waals surface area contributed by atoms with E-state index in [0.29, 0.717) is 5.76 Å². The van der Waals surface area contributed by atoms with E-state index in [1.165, 1.54) is 0 Å². The standard InChI is InChI=1S/C19H20N2O2/c1-3-21(4-2)16-11-9-15(10-12-16)20-19(22)18-13-14-7-5-6-8-17(14)23-18/h5-13H,3-4H2,1-2H3,(H,20,22). The van der Waals surface area contributed by atoms with Crippen LogP contribution >= 0.6 is 0 Å². The van der Waals surface area contributed by atoms with E-state index in [-0.39, 0.29) is 5.91 Å². The second-order valence-corrected chi connectivity index (χ2v) is 5.32. The predicted molar refractivity (Wildman–Crippen MR) is 94.2 cm³/mol. The largest absolute Gasteiger partial charge is 0.451 e. The number of nitrogens with zero attached hydrogens (tertiary/aromatic N) is 1. The molecule has 0 aliphatic carbocycles. The third kappa shape index (κ3) is 3.21. The summed E-state index contributed by atoms with van der Waals surface area (Å²) in [5, 5.41) is 3.80. The van der Waals surface area contributed by atoms with E-state index in [9.17, 15) is 4.79 Å². The summed E-state index contributed by atoms with van der Waals surface area (Å²) in [5.74, 6) is 0.0795. The lowest BCUT2D eigenvalue weighted by Gasteiger charge is -2.21. The highest BCUT2D eigenvalue weighted by molar-refractivity contribution is 6.04. The number of furan rings is 1. The first kappa shape index (κ1) is 15.2. The molecule has 3 aromatic rings. The number of rotatable bonds is 5. The first-order valence-corrected chi connectivity index (χ1v) is 7.86. The average molecular weight is 308 g/mol. The van der Waals surface area contributed by atoms with E-state index < -0.39 is 0 Å². The predicted octanol–water partition coefficient (Wildman–Crippen LogP) is 4.53. The first-order chi connectivity index (χ1) is 11.2. The van der Waals surface area contributed by atoms with E-state index in [4.69, 9.17) is 4.42 Å². The summed E-state index contributed by atoms with van der Waals surface area (Å²) in [5.41, 5.74) is 2.62. The van der Waals surface area contributed by atoms with Crippen molar-refractivity contribution in [1.82, 2.24) is 0 Å². The normalized spacial score (nSPS) is 10.7. The molecule has 0 radical (unpaired) electrons. The molecule has 1 heterocycles. The molecule has 0 aliphatic rings. The minimum atomic E-state index is -0.239. The Hall–Kier alpha value is -2.75. The van der Waals surface area contributed by atoms with E-state index >= 15 is 0 Å². The number of carbonyl (C=O) groups is 1. The van der Waals surface area contributed by atoms with Gasteiger partial charge in [-0.1, -0.05) is 18.2 Å². The van der Waals surface area contributed by atoms with Gasteiger partial charge in [-0.25, -0.2) is 0 Å². The van der Waals surface area contributed by atoms with Gasteiger partial charge in [0.05, 0.1) is 0 Å². The topological polar surface area (TPSA) is 45.5 Å². The zero-order valence-corrected chi connectivity index (χ0v) is 13.4. The zero-order chi connectivity index (χ0) is 16.2. The van der Waals surface area contributed by atoms with Crippen LogP contribution < -0.4 is 10.2 Å². The van der Waals surface area contributed by atoms with Crippen molar-refractivity contribution in [3.05, 3.63) is 60.4 Å². The molecule has 0 fully saturated rings. The summed E-state index contributed by atoms with van der Waals surface area (Å²) in [6, 6.07) is 17.2. The van der Waals surface area contributed by atoms with Crippen LogP contribution in [0.4, 0.5) is 11.4 Å². The van der Waals surface area contributed by atoms with Gasteiger partial charge in [0.15, 0.2) is 5.76 Å². The smallest absolute Gasteiger partial charge is 0.291 e. The number of para-hydroxylation sites is 1. The maximum Gasteiger partial charge on any atom is 0.291 e. The summed E-state index contributed by atoms with van der Waals surface area (Å²) in [6.07, 6.45) is 0. The summed E-state index contributed by atoms with van der Waals surface area (Å²) >= 11 is 0. The van der Waals surface area contributed by atoms with Crippen LogP contribution in [0, 0.1) is 0 Å². The molecule has 0 spiro atoms. The lowest BCUT2D eigenvalue weighted by atomic mass is 10.2. The Morgan fingerprint density at radius 3 is 2.39 bits per heavy atom. The molecule has 0 unspecified atom stereocenters. The second kappa shape index (κ2) is 6.57. The van der Waals surface area contributed by atoms with Crippen molar-refractivity contribution in [1.29, 1.82) is 0 Å². The summed E-state index contributed by atoms with van der Waals surface area (Å²) < 4.78 is 5.58. The van der Waals surface area contributed by atoms with Crippen molar-refractivity contribution < 1.29 is 9.21 Å². The molecule has 4 nitrogen and oxygen atoms in total. The molecule has 0 saturated carbocycles. The number of benzene rings is 2. The quantitative estimate of drug-likeness (QED) is 0.753. The Balaban J connectivity index is 1.74. The Morgan fingerprint density at radius 2 is 1.74 bits per heavy atom. The molecule has 3 rings (SSSR count). The number of amides is 1. The van der Waals surface area contributed by atoms with E-state index in [1.807, 2.05) is 48.5 Å². The fraction of sp³-hybridized carbons (Fsp3) is 0.211. The van der Waals surface area contributed by atoms with Gasteiger partial charge in [0, 0.05) is 29.9 Å². The summed E-state index contributed by atoms with van der Waals surface area (Å²) in [7, 11) is 0. The van der Waals surface area contributed by atoms with Crippen molar-refractivity contribution in [2.24, 2.45) is 0 Å². The van der Waals surface area contributed by atoms with Gasteiger partial charge in [0.1, 0.15) is 5.58 Å². The van der Waals surface area contributed by atoms with Gasteiger partial charge in [0.2, 0.25) is 0 Å². The lowest BCUT2D eigenvalue weighted by Crippen LogP contribution is -2.21. The van der Waals surface area contributed by atoms with Crippen LogP contribution in [-0.4, -0.2) is 19.0 Å². The molecule has 4 heteroatoms. The zero-order valence-electron chi connectivity index (χ0n) is 13.4. The van der Waals surface area contributed by atoms with E-state index in [0.717, 1.165) is 35.4 Å². The van der Waals surface area contributed by atoms with Crippen molar-refractivity contribution in [2.45, 2.75) is 13.8 Å². The number of carbonyl (C=O) groups excluding carboxylic acids is 1. The van der Waals surface area contributed by atoms with Gasteiger partial charge in [-0.15, -0.1) is 0 Å². The van der Waals surface area contributed by atoms with Crippen molar-refractivity contribution in [3.8, 4) is 0 Å². The van der Waals surface area contributed by atoms with Crippen LogP contribution in [0.2, 0.25) is 0 Å². The van der Waals surface area contributed by atoms with Crippen LogP contribution in [0.5, 0.6) is 0 Å². The van der Waals surface area contributed by atoms with Gasteiger partial charge in [0.25, 0.3) is 5.91 Å². The average Bonchev–Trinajstić information content (AvgIpc) is 3.02. The van der Waals surface area contributed by atoms with Crippen molar-refractivity contribution in [3.63, 3.8) is 0 Å². The molecular formula is C19H20N2O2. The van der Waals surface area contributed by atoms with Crippen molar-refractivity contribution >= 4 is 28.3 Å². The SMILES string of the molecule is CCN(CC)c1ccc(NC(=O)c2cc3ccccc3o2)cc1. The molecule has 1 aromatic heterocycles. The number of hydrogen-bond acceptors (Lipinski definition) is 3. The fourth-order valence-electron chi connectivity index (χ4n) is 2.63. The highest BCUT2D eigenvalue weighted by Gasteiger charge is 2.12. The maximum atomic E-state index is 12.3. The van der Waals surface area contributed by atoms with Gasteiger partial charge in [-0.2, -0.15) is 0 Å². The molecule has 0 aliphatic heterocycles. The minimum absolute atomic E-state index is 0.239. The van der Waals surface area contributed by atoms with Crippen LogP contribution in [0.25, 0.3) is 11.0 Å². The molecule has 0 bridgehead atoms. The van der Waals surface area contributed by atoms with Gasteiger partial charge < -0.3 is 14.6 Å². The summed E-state index contributed by atoms with van der Waals surface area (Å²) in [4.78, 5) is 14.6. The van der Waals surface area contributed by atoms with Crippen LogP contribution in [0.3, 0.4) is 0 Å². The van der Waals surface area contributed by atoms with Crippen LogP contribution in [-0.2, 0) is 0 Å². The highest BCUT2D eigenvalue weighted by atomic mass is 16.3. The molecule has 118 valence electrons. The Morgan fingerprint density at radius 1 is 1.04 bits per heavy atom. The maximum absolute atomic E-state index is 12.3. The molecule has 23 heavy (non-hydrogen) atoms. The number of anilines is 2. The molecule has 1 amide bonds. The highest BCUT2D eigenvalue weighted by Crippen LogP contribution is 2.21. The fourth-order valence-corrected chi connectivity index (χ4v) is 2.63. The lowest BCUT2D eigenvalue weighted by molar-refractivity contribution is 0.0998. The third-order valence-electron chi connectivity index (χ3n) is 3.90. The number of fused-ring (bicyclic) bond motifs is 1. The number of hydrogen-bond donors (Lipinski definition) is 1. The summed E-state index contributed by atoms with van der Waals surface area (Å²) in [6.45, 7) is 6.17. The molecule has 0 atom stereocenters.